The average molecular weight is 438 g/mol. The Morgan fingerprint density at radius 2 is 1.32 bits per heavy atom. The van der Waals surface area contributed by atoms with Gasteiger partial charge in [0.15, 0.2) is 0 Å². The summed E-state index contributed by atoms with van der Waals surface area (Å²) in [5, 5.41) is 17.5. The molecule has 0 spiro atoms. The lowest BCUT2D eigenvalue weighted by molar-refractivity contribution is -0.0987. The standard InChI is InChI=1S/C21H19N3S.CH4O.2CH2O/c1-14-2-4-15(5-3-14)16-6-8-17(9-7-16)20-23-24-21(25-20)18-10-12-19(22)13-11-18;3*1-2/h2,4-14H,3,22H2,1H3;2H,1H3;2*1H2. The minimum absolute atomic E-state index is 0.635. The molecule has 0 amide bonds. The fourth-order valence-electron chi connectivity index (χ4n) is 2.83. The Bertz CT molecular complexity index is 978. The van der Waals surface area contributed by atoms with E-state index < -0.39 is 0 Å². The Hall–Kier alpha value is -3.42. The molecule has 0 radical (unpaired) electrons. The Morgan fingerprint density at radius 3 is 1.77 bits per heavy atom. The van der Waals surface area contributed by atoms with E-state index in [2.05, 4.69) is 59.6 Å². The van der Waals surface area contributed by atoms with Crippen molar-refractivity contribution < 1.29 is 14.7 Å². The smallest absolute Gasteiger partial charge is 0.148 e. The maximum absolute atomic E-state index is 8.00. The summed E-state index contributed by atoms with van der Waals surface area (Å²) in [6, 6.07) is 16.3. The number of rotatable bonds is 3. The summed E-state index contributed by atoms with van der Waals surface area (Å²) in [6.07, 6.45) is 7.90. The van der Waals surface area contributed by atoms with E-state index >= 15 is 0 Å². The van der Waals surface area contributed by atoms with E-state index in [1.165, 1.54) is 11.1 Å². The van der Waals surface area contributed by atoms with Crippen LogP contribution >= 0.6 is 11.3 Å². The summed E-state index contributed by atoms with van der Waals surface area (Å²) in [7, 11) is 1.00. The second-order valence-electron chi connectivity index (χ2n) is 6.34. The molecule has 2 aromatic carbocycles. The van der Waals surface area contributed by atoms with Crippen LogP contribution in [0.3, 0.4) is 0 Å². The molecule has 1 aromatic heterocycles. The molecule has 0 saturated carbocycles. The topological polar surface area (TPSA) is 106 Å². The number of anilines is 1. The van der Waals surface area contributed by atoms with Gasteiger partial charge in [-0.3, -0.25) is 0 Å². The van der Waals surface area contributed by atoms with Crippen LogP contribution in [0.2, 0.25) is 0 Å². The third-order valence-electron chi connectivity index (χ3n) is 4.36. The predicted molar refractivity (Wildman–Crippen MR) is 128 cm³/mol. The number of aliphatic hydroxyl groups excluding tert-OH is 1. The summed E-state index contributed by atoms with van der Waals surface area (Å²) in [6.45, 7) is 6.24. The fraction of sp³-hybridized carbons (Fsp3) is 0.167. The highest BCUT2D eigenvalue weighted by Gasteiger charge is 2.10. The highest BCUT2D eigenvalue weighted by Crippen LogP contribution is 2.31. The lowest BCUT2D eigenvalue weighted by atomic mass is 9.94. The van der Waals surface area contributed by atoms with Gasteiger partial charge < -0.3 is 20.4 Å². The number of carbonyl (C=O) groups is 2. The zero-order valence-electron chi connectivity index (χ0n) is 17.7. The van der Waals surface area contributed by atoms with Gasteiger partial charge in [0.05, 0.1) is 0 Å². The van der Waals surface area contributed by atoms with Crippen molar-refractivity contribution in [2.24, 2.45) is 5.92 Å². The number of nitrogens with two attached hydrogens (primary N) is 1. The number of hydrogen-bond donors (Lipinski definition) is 2. The Labute approximate surface area is 186 Å². The lowest BCUT2D eigenvalue weighted by Gasteiger charge is -2.12. The van der Waals surface area contributed by atoms with Crippen molar-refractivity contribution in [1.82, 2.24) is 10.2 Å². The zero-order chi connectivity index (χ0) is 23.2. The van der Waals surface area contributed by atoms with Crippen LogP contribution in [-0.2, 0) is 9.59 Å². The van der Waals surface area contributed by atoms with Gasteiger partial charge in [-0.2, -0.15) is 0 Å². The number of nitrogens with zero attached hydrogens (tertiary/aromatic N) is 2. The van der Waals surface area contributed by atoms with Crippen molar-refractivity contribution in [3.8, 4) is 21.1 Å². The molecule has 1 atom stereocenters. The average Bonchev–Trinajstić information content (AvgIpc) is 3.34. The van der Waals surface area contributed by atoms with Crippen molar-refractivity contribution in [1.29, 1.82) is 0 Å². The molecule has 7 heteroatoms. The van der Waals surface area contributed by atoms with Crippen LogP contribution < -0.4 is 5.73 Å². The number of allylic oxidation sites excluding steroid dienone is 4. The molecule has 4 rings (SSSR count). The second-order valence-corrected chi connectivity index (χ2v) is 7.32. The Balaban J connectivity index is 0.000000739. The molecule has 1 unspecified atom stereocenters. The molecule has 3 aromatic rings. The third-order valence-corrected chi connectivity index (χ3v) is 5.38. The van der Waals surface area contributed by atoms with Gasteiger partial charge >= 0.3 is 0 Å². The van der Waals surface area contributed by atoms with Crippen molar-refractivity contribution in [3.05, 3.63) is 72.3 Å². The predicted octanol–water partition coefficient (Wildman–Crippen LogP) is 4.67. The molecular formula is C24H27N3O3S. The highest BCUT2D eigenvalue weighted by atomic mass is 32.1. The number of aromatic nitrogens is 2. The van der Waals surface area contributed by atoms with Gasteiger partial charge in [-0.15, -0.1) is 10.2 Å². The van der Waals surface area contributed by atoms with Gasteiger partial charge in [-0.25, -0.2) is 0 Å². The molecule has 0 aliphatic heterocycles. The van der Waals surface area contributed by atoms with Gasteiger partial charge in [-0.05, 0) is 47.7 Å². The van der Waals surface area contributed by atoms with E-state index in [1.807, 2.05) is 37.8 Å². The van der Waals surface area contributed by atoms with Crippen molar-refractivity contribution in [2.75, 3.05) is 12.8 Å². The van der Waals surface area contributed by atoms with E-state index in [1.54, 1.807) is 11.3 Å². The van der Waals surface area contributed by atoms with Crippen LogP contribution in [0.5, 0.6) is 0 Å². The first-order chi connectivity index (χ1) is 15.2. The van der Waals surface area contributed by atoms with Crippen LogP contribution in [0.1, 0.15) is 18.9 Å². The molecule has 1 aliphatic carbocycles. The maximum atomic E-state index is 8.00. The van der Waals surface area contributed by atoms with Gasteiger partial charge in [0, 0.05) is 23.9 Å². The molecule has 6 nitrogen and oxygen atoms in total. The van der Waals surface area contributed by atoms with Gasteiger partial charge in [0.25, 0.3) is 0 Å². The van der Waals surface area contributed by atoms with Crippen LogP contribution in [0.4, 0.5) is 5.69 Å². The molecule has 31 heavy (non-hydrogen) atoms. The summed E-state index contributed by atoms with van der Waals surface area (Å²) >= 11 is 1.60. The van der Waals surface area contributed by atoms with Gasteiger partial charge in [-0.1, -0.05) is 60.8 Å². The first-order valence-electron chi connectivity index (χ1n) is 9.40. The van der Waals surface area contributed by atoms with Crippen molar-refractivity contribution in [2.45, 2.75) is 13.3 Å². The van der Waals surface area contributed by atoms with Crippen LogP contribution in [0, 0.1) is 5.92 Å². The summed E-state index contributed by atoms with van der Waals surface area (Å²) in [5.74, 6) is 0.635. The number of aliphatic hydroxyl groups is 1. The highest BCUT2D eigenvalue weighted by molar-refractivity contribution is 7.17. The van der Waals surface area contributed by atoms with Crippen LogP contribution in [0.25, 0.3) is 26.7 Å². The molecule has 1 aliphatic rings. The van der Waals surface area contributed by atoms with Crippen molar-refractivity contribution in [3.63, 3.8) is 0 Å². The fourth-order valence-corrected chi connectivity index (χ4v) is 3.68. The van der Waals surface area contributed by atoms with Crippen LogP contribution in [-0.4, -0.2) is 36.0 Å². The summed E-state index contributed by atoms with van der Waals surface area (Å²) in [4.78, 5) is 16.0. The summed E-state index contributed by atoms with van der Waals surface area (Å²) < 4.78 is 0. The normalized spacial score (nSPS) is 13.9. The molecule has 0 fully saturated rings. The largest absolute Gasteiger partial charge is 0.400 e. The monoisotopic (exact) mass is 437 g/mol. The Morgan fingerprint density at radius 1 is 0.871 bits per heavy atom. The lowest BCUT2D eigenvalue weighted by Crippen LogP contribution is -1.94. The number of carbonyl (C=O) groups excluding carboxylic acids is 2. The van der Waals surface area contributed by atoms with Gasteiger partial charge in [0.2, 0.25) is 0 Å². The van der Waals surface area contributed by atoms with E-state index in [-0.39, 0.29) is 0 Å². The van der Waals surface area contributed by atoms with Gasteiger partial charge in [0.1, 0.15) is 23.6 Å². The molecule has 0 bridgehead atoms. The van der Waals surface area contributed by atoms with E-state index in [9.17, 15) is 0 Å². The van der Waals surface area contributed by atoms with Crippen molar-refractivity contribution >= 4 is 36.2 Å². The maximum Gasteiger partial charge on any atom is 0.148 e. The first kappa shape index (κ1) is 25.6. The van der Waals surface area contributed by atoms with E-state index in [4.69, 9.17) is 20.4 Å². The minimum atomic E-state index is 0.635. The van der Waals surface area contributed by atoms with E-state index in [0.29, 0.717) is 5.92 Å². The van der Waals surface area contributed by atoms with E-state index in [0.717, 1.165) is 40.4 Å². The Kier molecular flexibility index (Phi) is 11.4. The quantitative estimate of drug-likeness (QED) is 0.577. The molecular weight excluding hydrogens is 410 g/mol. The third kappa shape index (κ3) is 7.09. The number of hydrogen-bond acceptors (Lipinski definition) is 7. The molecule has 0 saturated heterocycles. The second kappa shape index (κ2) is 13.7. The SMILES string of the molecule is C=O.C=O.CC1C=CC(c2ccc(-c3nnc(-c4ccc(N)cc4)s3)cc2)=CC1.CO. The molecule has 162 valence electrons. The molecule has 1 heterocycles. The minimum Gasteiger partial charge on any atom is -0.400 e. The van der Waals surface area contributed by atoms with Crippen LogP contribution in [0.15, 0.2) is 66.8 Å². The molecule has 3 N–H and O–H groups in total. The summed E-state index contributed by atoms with van der Waals surface area (Å²) in [5.41, 5.74) is 11.2. The number of nitrogen functional groups attached to an aromatic ring is 1. The first-order valence-corrected chi connectivity index (χ1v) is 10.2. The zero-order valence-corrected chi connectivity index (χ0v) is 18.5. The number of benzene rings is 2.